The summed E-state index contributed by atoms with van der Waals surface area (Å²) in [5.41, 5.74) is 1.42. The zero-order chi connectivity index (χ0) is 13.7. The van der Waals surface area contributed by atoms with Gasteiger partial charge in [0.15, 0.2) is 0 Å². The highest BCUT2D eigenvalue weighted by Crippen LogP contribution is 2.16. The van der Waals surface area contributed by atoms with Crippen LogP contribution in [0.2, 0.25) is 0 Å². The number of aliphatic hydroxyl groups is 1. The van der Waals surface area contributed by atoms with E-state index in [0.29, 0.717) is 25.2 Å². The quantitative estimate of drug-likeness (QED) is 0.793. The Hall–Kier alpha value is -1.66. The van der Waals surface area contributed by atoms with Crippen LogP contribution in [0, 0.1) is 0 Å². The third-order valence-electron chi connectivity index (χ3n) is 3.40. The van der Waals surface area contributed by atoms with Crippen molar-refractivity contribution in [1.82, 2.24) is 14.8 Å². The molecule has 1 aromatic heterocycles. The summed E-state index contributed by atoms with van der Waals surface area (Å²) >= 11 is 0. The van der Waals surface area contributed by atoms with Gasteiger partial charge in [-0.2, -0.15) is 0 Å². The van der Waals surface area contributed by atoms with Crippen LogP contribution in [0.5, 0.6) is 0 Å². The lowest BCUT2D eigenvalue weighted by molar-refractivity contribution is 0.0616. The molecule has 1 saturated heterocycles. The van der Waals surface area contributed by atoms with E-state index in [-0.39, 0.29) is 12.5 Å². The summed E-state index contributed by atoms with van der Waals surface area (Å²) < 4.78 is 0. The van der Waals surface area contributed by atoms with E-state index in [4.69, 9.17) is 5.11 Å². The molecule has 0 spiro atoms. The molecule has 0 unspecified atom stereocenters. The van der Waals surface area contributed by atoms with Gasteiger partial charge in [0, 0.05) is 46.0 Å². The van der Waals surface area contributed by atoms with Crippen molar-refractivity contribution in [3.8, 4) is 0 Å². The monoisotopic (exact) mass is 264 g/mol. The second kappa shape index (κ2) is 6.49. The highest BCUT2D eigenvalue weighted by molar-refractivity contribution is 5.99. The average molecular weight is 264 g/mol. The van der Waals surface area contributed by atoms with Crippen LogP contribution in [0.1, 0.15) is 10.4 Å². The second-order valence-electron chi connectivity index (χ2n) is 4.53. The van der Waals surface area contributed by atoms with Crippen LogP contribution in [-0.2, 0) is 0 Å². The molecule has 0 aromatic carbocycles. The molecule has 104 valence electrons. The van der Waals surface area contributed by atoms with E-state index in [0.717, 1.165) is 18.8 Å². The number of nitrogens with one attached hydrogen (secondary N) is 1. The molecule has 0 bridgehead atoms. The summed E-state index contributed by atoms with van der Waals surface area (Å²) in [6.07, 6.45) is 3.30. The predicted octanol–water partition coefficient (Wildman–Crippen LogP) is -0.127. The first kappa shape index (κ1) is 13.8. The maximum atomic E-state index is 12.4. The second-order valence-corrected chi connectivity index (χ2v) is 4.53. The molecule has 1 aliphatic rings. The number of aliphatic hydroxyl groups excluding tert-OH is 1. The first-order chi connectivity index (χ1) is 9.26. The van der Waals surface area contributed by atoms with Crippen molar-refractivity contribution in [3.63, 3.8) is 0 Å². The van der Waals surface area contributed by atoms with Crippen LogP contribution in [0.25, 0.3) is 0 Å². The van der Waals surface area contributed by atoms with E-state index in [1.165, 1.54) is 0 Å². The molecule has 6 heteroatoms. The third kappa shape index (κ3) is 3.21. The number of carbonyl (C=O) groups excluding carboxylic acids is 1. The number of nitrogens with zero attached hydrogens (tertiary/aromatic N) is 3. The lowest BCUT2D eigenvalue weighted by Gasteiger charge is -2.34. The minimum absolute atomic E-state index is 0.0374. The SMILES string of the molecule is CNc1cnccc1C(=O)N1CCN(CCO)CC1. The van der Waals surface area contributed by atoms with Gasteiger partial charge in [-0.05, 0) is 6.07 Å². The smallest absolute Gasteiger partial charge is 0.256 e. The Kier molecular flexibility index (Phi) is 4.70. The summed E-state index contributed by atoms with van der Waals surface area (Å²) in [5.74, 6) is 0.0374. The van der Waals surface area contributed by atoms with Crippen molar-refractivity contribution in [2.45, 2.75) is 0 Å². The molecule has 1 amide bonds. The largest absolute Gasteiger partial charge is 0.395 e. The summed E-state index contributed by atoms with van der Waals surface area (Å²) in [6.45, 7) is 3.87. The topological polar surface area (TPSA) is 68.7 Å². The lowest BCUT2D eigenvalue weighted by atomic mass is 10.2. The van der Waals surface area contributed by atoms with E-state index in [1.807, 2.05) is 4.90 Å². The third-order valence-corrected chi connectivity index (χ3v) is 3.40. The van der Waals surface area contributed by atoms with Gasteiger partial charge in [0.05, 0.1) is 24.1 Å². The Morgan fingerprint density at radius 2 is 2.16 bits per heavy atom. The molecule has 1 aromatic rings. The van der Waals surface area contributed by atoms with Crippen LogP contribution in [0.15, 0.2) is 18.5 Å². The van der Waals surface area contributed by atoms with Crippen molar-refractivity contribution in [2.24, 2.45) is 0 Å². The molecular formula is C13H20N4O2. The van der Waals surface area contributed by atoms with Crippen LogP contribution in [-0.4, -0.2) is 72.2 Å². The molecule has 2 rings (SSSR count). The Labute approximate surface area is 113 Å². The van der Waals surface area contributed by atoms with E-state index < -0.39 is 0 Å². The molecule has 0 saturated carbocycles. The maximum absolute atomic E-state index is 12.4. The predicted molar refractivity (Wildman–Crippen MR) is 73.2 cm³/mol. The fourth-order valence-corrected chi connectivity index (χ4v) is 2.27. The molecule has 2 heterocycles. The summed E-state index contributed by atoms with van der Waals surface area (Å²) in [5, 5.41) is 11.9. The van der Waals surface area contributed by atoms with Gasteiger partial charge in [0.2, 0.25) is 0 Å². The number of pyridine rings is 1. The van der Waals surface area contributed by atoms with Crippen LogP contribution in [0.4, 0.5) is 5.69 Å². The average Bonchev–Trinajstić information content (AvgIpc) is 2.47. The van der Waals surface area contributed by atoms with Gasteiger partial charge in [-0.15, -0.1) is 0 Å². The lowest BCUT2D eigenvalue weighted by Crippen LogP contribution is -2.49. The maximum Gasteiger partial charge on any atom is 0.256 e. The number of carbonyl (C=O) groups is 1. The van der Waals surface area contributed by atoms with Crippen molar-refractivity contribution in [2.75, 3.05) is 51.7 Å². The summed E-state index contributed by atoms with van der Waals surface area (Å²) in [7, 11) is 1.78. The Morgan fingerprint density at radius 3 is 2.79 bits per heavy atom. The highest BCUT2D eigenvalue weighted by atomic mass is 16.3. The van der Waals surface area contributed by atoms with Gasteiger partial charge in [0.25, 0.3) is 5.91 Å². The van der Waals surface area contributed by atoms with E-state index in [2.05, 4.69) is 15.2 Å². The van der Waals surface area contributed by atoms with E-state index in [9.17, 15) is 4.79 Å². The number of β-amino-alcohol motifs (C(OH)–C–C–N with tert-alkyl or cyclic N) is 1. The zero-order valence-corrected chi connectivity index (χ0v) is 11.2. The van der Waals surface area contributed by atoms with Crippen molar-refractivity contribution in [3.05, 3.63) is 24.0 Å². The number of hydrogen-bond acceptors (Lipinski definition) is 5. The number of aromatic nitrogens is 1. The van der Waals surface area contributed by atoms with Crippen molar-refractivity contribution >= 4 is 11.6 Å². The van der Waals surface area contributed by atoms with E-state index in [1.54, 1.807) is 25.5 Å². The molecular weight excluding hydrogens is 244 g/mol. The van der Waals surface area contributed by atoms with Crippen LogP contribution in [0.3, 0.4) is 0 Å². The van der Waals surface area contributed by atoms with Gasteiger partial charge in [-0.1, -0.05) is 0 Å². The van der Waals surface area contributed by atoms with Gasteiger partial charge in [-0.25, -0.2) is 0 Å². The standard InChI is InChI=1S/C13H20N4O2/c1-14-12-10-15-3-2-11(12)13(19)17-6-4-16(5-7-17)8-9-18/h2-3,10,14,18H,4-9H2,1H3. The summed E-state index contributed by atoms with van der Waals surface area (Å²) in [4.78, 5) is 20.5. The Morgan fingerprint density at radius 1 is 1.42 bits per heavy atom. The molecule has 0 radical (unpaired) electrons. The highest BCUT2D eigenvalue weighted by Gasteiger charge is 2.23. The first-order valence-electron chi connectivity index (χ1n) is 6.50. The van der Waals surface area contributed by atoms with Crippen molar-refractivity contribution in [1.29, 1.82) is 0 Å². The molecule has 6 nitrogen and oxygen atoms in total. The normalized spacial score (nSPS) is 16.4. The van der Waals surface area contributed by atoms with Gasteiger partial charge < -0.3 is 15.3 Å². The van der Waals surface area contributed by atoms with Crippen molar-refractivity contribution < 1.29 is 9.90 Å². The molecule has 2 N–H and O–H groups in total. The summed E-state index contributed by atoms with van der Waals surface area (Å²) in [6, 6.07) is 1.74. The Balaban J connectivity index is 2.01. The minimum Gasteiger partial charge on any atom is -0.395 e. The number of rotatable bonds is 4. The molecule has 0 atom stereocenters. The van der Waals surface area contributed by atoms with E-state index >= 15 is 0 Å². The number of anilines is 1. The van der Waals surface area contributed by atoms with Gasteiger partial charge in [-0.3, -0.25) is 14.7 Å². The number of hydrogen-bond donors (Lipinski definition) is 2. The van der Waals surface area contributed by atoms with Crippen LogP contribution >= 0.6 is 0 Å². The fraction of sp³-hybridized carbons (Fsp3) is 0.538. The first-order valence-corrected chi connectivity index (χ1v) is 6.50. The number of piperazine rings is 1. The molecule has 19 heavy (non-hydrogen) atoms. The molecule has 1 fully saturated rings. The van der Waals surface area contributed by atoms with Crippen LogP contribution < -0.4 is 5.32 Å². The minimum atomic E-state index is 0.0374. The number of amides is 1. The Bertz CT molecular complexity index is 430. The molecule has 0 aliphatic carbocycles. The zero-order valence-electron chi connectivity index (χ0n) is 11.2. The molecule has 1 aliphatic heterocycles. The van der Waals surface area contributed by atoms with Gasteiger partial charge >= 0.3 is 0 Å². The fourth-order valence-electron chi connectivity index (χ4n) is 2.27. The van der Waals surface area contributed by atoms with Gasteiger partial charge in [0.1, 0.15) is 0 Å².